The van der Waals surface area contributed by atoms with Crippen LogP contribution in [0.3, 0.4) is 0 Å². The third-order valence-electron chi connectivity index (χ3n) is 5.53. The number of likely N-dealkylation sites (tertiary alicyclic amines) is 1. The number of hydrogen-bond donors (Lipinski definition) is 1. The van der Waals surface area contributed by atoms with Crippen LogP contribution in [-0.2, 0) is 0 Å². The minimum Gasteiger partial charge on any atom is -0.482 e. The van der Waals surface area contributed by atoms with Crippen molar-refractivity contribution < 1.29 is 13.9 Å². The summed E-state index contributed by atoms with van der Waals surface area (Å²) in [5.74, 6) is -0.0233. The maximum Gasteiger partial charge on any atom is 0.253 e. The van der Waals surface area contributed by atoms with Crippen LogP contribution in [0.1, 0.15) is 41.8 Å². The van der Waals surface area contributed by atoms with E-state index in [0.29, 0.717) is 21.9 Å². The first-order valence-electron chi connectivity index (χ1n) is 10.3. The molecule has 166 valence electrons. The van der Waals surface area contributed by atoms with Gasteiger partial charge in [-0.05, 0) is 55.7 Å². The van der Waals surface area contributed by atoms with Gasteiger partial charge in [0.15, 0.2) is 11.6 Å². The lowest BCUT2D eigenvalue weighted by Crippen LogP contribution is -2.27. The number of nitrogens with zero attached hydrogens (tertiary/aromatic N) is 2. The predicted octanol–water partition coefficient (Wildman–Crippen LogP) is 6.15. The summed E-state index contributed by atoms with van der Waals surface area (Å²) in [5, 5.41) is 0.204. The normalized spacial score (nSPS) is 14.4. The Balaban J connectivity index is 1.56. The lowest BCUT2D eigenvalue weighted by Gasteiger charge is -2.19. The van der Waals surface area contributed by atoms with Gasteiger partial charge in [-0.1, -0.05) is 35.3 Å². The monoisotopic (exact) mass is 473 g/mol. The number of nitrogens with two attached hydrogens (primary N) is 1. The lowest BCUT2D eigenvalue weighted by atomic mass is 10.0. The van der Waals surface area contributed by atoms with Crippen molar-refractivity contribution in [2.24, 2.45) is 0 Å². The van der Waals surface area contributed by atoms with Gasteiger partial charge >= 0.3 is 0 Å². The highest BCUT2D eigenvalue weighted by atomic mass is 35.5. The van der Waals surface area contributed by atoms with E-state index in [-0.39, 0.29) is 16.7 Å². The van der Waals surface area contributed by atoms with Crippen LogP contribution >= 0.6 is 23.2 Å². The molecule has 1 saturated heterocycles. The summed E-state index contributed by atoms with van der Waals surface area (Å²) in [6.45, 7) is 3.32. The molecular formula is C24H22Cl2FN3O2. The maximum absolute atomic E-state index is 13.9. The van der Waals surface area contributed by atoms with Crippen LogP contribution in [0.25, 0.3) is 11.1 Å². The van der Waals surface area contributed by atoms with Crippen LogP contribution < -0.4 is 10.5 Å². The third-order valence-corrected chi connectivity index (χ3v) is 6.24. The molecule has 1 aromatic heterocycles. The van der Waals surface area contributed by atoms with Crippen LogP contribution in [0, 0.1) is 5.82 Å². The van der Waals surface area contributed by atoms with Crippen LogP contribution in [-0.4, -0.2) is 28.9 Å². The summed E-state index contributed by atoms with van der Waals surface area (Å²) in [4.78, 5) is 18.7. The zero-order valence-electron chi connectivity index (χ0n) is 17.4. The molecule has 1 atom stereocenters. The Labute approximate surface area is 195 Å². The van der Waals surface area contributed by atoms with E-state index >= 15 is 0 Å². The first-order valence-corrected chi connectivity index (χ1v) is 11.1. The van der Waals surface area contributed by atoms with Crippen LogP contribution in [0.2, 0.25) is 10.0 Å². The van der Waals surface area contributed by atoms with Crippen molar-refractivity contribution in [2.75, 3.05) is 18.8 Å². The van der Waals surface area contributed by atoms with Gasteiger partial charge in [-0.25, -0.2) is 9.37 Å². The second kappa shape index (κ2) is 9.35. The Morgan fingerprint density at radius 1 is 1.12 bits per heavy atom. The molecule has 1 unspecified atom stereocenters. The van der Waals surface area contributed by atoms with Crippen molar-refractivity contribution in [1.82, 2.24) is 9.88 Å². The minimum atomic E-state index is -0.662. The smallest absolute Gasteiger partial charge is 0.253 e. The number of nitrogen functional groups attached to an aromatic ring is 1. The molecule has 2 N–H and O–H groups in total. The summed E-state index contributed by atoms with van der Waals surface area (Å²) in [6.07, 6.45) is 3.07. The molecule has 1 fully saturated rings. The molecule has 0 radical (unpaired) electrons. The highest BCUT2D eigenvalue weighted by Gasteiger charge is 2.21. The van der Waals surface area contributed by atoms with Crippen molar-refractivity contribution in [3.05, 3.63) is 75.7 Å². The fourth-order valence-corrected chi connectivity index (χ4v) is 4.46. The van der Waals surface area contributed by atoms with Crippen LogP contribution in [0.15, 0.2) is 48.7 Å². The van der Waals surface area contributed by atoms with Gasteiger partial charge in [0, 0.05) is 41.0 Å². The molecular weight excluding hydrogens is 452 g/mol. The van der Waals surface area contributed by atoms with Crippen molar-refractivity contribution in [3.63, 3.8) is 0 Å². The second-order valence-corrected chi connectivity index (χ2v) is 8.49. The van der Waals surface area contributed by atoms with Crippen molar-refractivity contribution in [1.29, 1.82) is 0 Å². The lowest BCUT2D eigenvalue weighted by molar-refractivity contribution is 0.0793. The summed E-state index contributed by atoms with van der Waals surface area (Å²) < 4.78 is 19.9. The number of ether oxygens (including phenoxy) is 1. The number of benzene rings is 2. The van der Waals surface area contributed by atoms with E-state index in [1.807, 2.05) is 29.2 Å². The molecule has 1 aliphatic rings. The van der Waals surface area contributed by atoms with Gasteiger partial charge in [0.05, 0.1) is 5.02 Å². The summed E-state index contributed by atoms with van der Waals surface area (Å²) >= 11 is 12.3. The van der Waals surface area contributed by atoms with Crippen molar-refractivity contribution >= 4 is 34.9 Å². The van der Waals surface area contributed by atoms with E-state index in [1.165, 1.54) is 12.1 Å². The maximum atomic E-state index is 13.9. The number of aromatic nitrogens is 1. The highest BCUT2D eigenvalue weighted by Crippen LogP contribution is 2.37. The standard InChI is InChI=1S/C24H22Cl2FN3O2/c1-14(21-18(25)8-9-19(27)22(21)26)32-20-12-17(13-29-23(20)28)15-4-6-16(7-5-15)24(31)30-10-2-3-11-30/h4-9,12-14H,2-3,10-11H2,1H3,(H2,28,29). The molecule has 1 amide bonds. The molecule has 0 bridgehead atoms. The molecule has 5 nitrogen and oxygen atoms in total. The molecule has 1 aliphatic heterocycles. The topological polar surface area (TPSA) is 68.5 Å². The SMILES string of the molecule is CC(Oc1cc(-c2ccc(C(=O)N3CCCC3)cc2)cnc1N)c1c(Cl)ccc(F)c1Cl. The third kappa shape index (κ3) is 4.52. The van der Waals surface area contributed by atoms with E-state index in [9.17, 15) is 9.18 Å². The Hall–Kier alpha value is -2.83. The zero-order chi connectivity index (χ0) is 22.8. The molecule has 0 spiro atoms. The molecule has 2 aromatic carbocycles. The van der Waals surface area contributed by atoms with Gasteiger partial charge in [-0.2, -0.15) is 0 Å². The average molecular weight is 474 g/mol. The van der Waals surface area contributed by atoms with Gasteiger partial charge in [0.1, 0.15) is 11.9 Å². The first kappa shape index (κ1) is 22.4. The number of pyridine rings is 1. The predicted molar refractivity (Wildman–Crippen MR) is 125 cm³/mol. The Kier molecular flexibility index (Phi) is 6.53. The molecule has 3 aromatic rings. The molecule has 2 heterocycles. The van der Waals surface area contributed by atoms with Crippen LogP contribution in [0.4, 0.5) is 10.2 Å². The Morgan fingerprint density at radius 3 is 2.50 bits per heavy atom. The molecule has 4 rings (SSSR count). The van der Waals surface area contributed by atoms with Gasteiger partial charge in [-0.3, -0.25) is 4.79 Å². The number of halogens is 3. The zero-order valence-corrected chi connectivity index (χ0v) is 19.0. The number of hydrogen-bond acceptors (Lipinski definition) is 4. The van der Waals surface area contributed by atoms with Crippen molar-refractivity contribution in [2.45, 2.75) is 25.9 Å². The number of carbonyl (C=O) groups is 1. The van der Waals surface area contributed by atoms with Crippen molar-refractivity contribution in [3.8, 4) is 16.9 Å². The molecule has 0 aliphatic carbocycles. The Morgan fingerprint density at radius 2 is 1.81 bits per heavy atom. The number of carbonyl (C=O) groups excluding carboxylic acids is 1. The van der Waals surface area contributed by atoms with Gasteiger partial charge in [-0.15, -0.1) is 0 Å². The summed E-state index contributed by atoms with van der Waals surface area (Å²) in [6, 6.07) is 11.7. The number of amides is 1. The Bertz CT molecular complexity index is 1150. The summed E-state index contributed by atoms with van der Waals surface area (Å²) in [7, 11) is 0. The van der Waals surface area contributed by atoms with Crippen LogP contribution in [0.5, 0.6) is 5.75 Å². The number of anilines is 1. The van der Waals surface area contributed by atoms with E-state index in [1.54, 1.807) is 19.2 Å². The second-order valence-electron chi connectivity index (χ2n) is 7.70. The van der Waals surface area contributed by atoms with Gasteiger partial charge in [0.25, 0.3) is 5.91 Å². The summed E-state index contributed by atoms with van der Waals surface area (Å²) in [5.41, 5.74) is 8.61. The fourth-order valence-electron chi connectivity index (χ4n) is 3.78. The highest BCUT2D eigenvalue weighted by molar-refractivity contribution is 6.36. The van der Waals surface area contributed by atoms with E-state index in [4.69, 9.17) is 33.7 Å². The molecule has 0 saturated carbocycles. The number of rotatable bonds is 5. The average Bonchev–Trinajstić information content (AvgIpc) is 3.33. The quantitative estimate of drug-likeness (QED) is 0.451. The largest absolute Gasteiger partial charge is 0.482 e. The fraction of sp³-hybridized carbons (Fsp3) is 0.250. The molecule has 32 heavy (non-hydrogen) atoms. The first-order chi connectivity index (χ1) is 15.3. The van der Waals surface area contributed by atoms with E-state index in [2.05, 4.69) is 4.98 Å². The van der Waals surface area contributed by atoms with E-state index < -0.39 is 11.9 Å². The van der Waals surface area contributed by atoms with E-state index in [0.717, 1.165) is 37.1 Å². The van der Waals surface area contributed by atoms with Gasteiger partial charge < -0.3 is 15.4 Å². The van der Waals surface area contributed by atoms with Gasteiger partial charge in [0.2, 0.25) is 0 Å². The molecule has 8 heteroatoms. The minimum absolute atomic E-state index is 0.0474.